The molecule has 0 spiro atoms. The van der Waals surface area contributed by atoms with E-state index in [9.17, 15) is 9.90 Å². The molecule has 2 atom stereocenters. The van der Waals surface area contributed by atoms with Crippen molar-refractivity contribution in [3.8, 4) is 11.4 Å². The van der Waals surface area contributed by atoms with Gasteiger partial charge in [0, 0.05) is 31.3 Å². The van der Waals surface area contributed by atoms with Crippen molar-refractivity contribution in [1.29, 1.82) is 0 Å². The van der Waals surface area contributed by atoms with Gasteiger partial charge in [0.05, 0.1) is 17.4 Å². The number of hydrogen-bond donors (Lipinski definition) is 1. The molecule has 1 saturated carbocycles. The lowest BCUT2D eigenvalue weighted by atomic mass is 9.86. The van der Waals surface area contributed by atoms with Gasteiger partial charge in [-0.15, -0.1) is 0 Å². The van der Waals surface area contributed by atoms with E-state index in [2.05, 4.69) is 9.97 Å². The summed E-state index contributed by atoms with van der Waals surface area (Å²) in [6.45, 7) is 2.41. The molecule has 0 aliphatic heterocycles. The van der Waals surface area contributed by atoms with Crippen LogP contribution in [0.2, 0.25) is 0 Å². The smallest absolute Gasteiger partial charge is 0.257 e. The first kappa shape index (κ1) is 17.5. The van der Waals surface area contributed by atoms with E-state index in [1.165, 1.54) is 0 Å². The molecule has 132 valence electrons. The molecule has 1 heterocycles. The van der Waals surface area contributed by atoms with Gasteiger partial charge in [-0.3, -0.25) is 4.79 Å². The summed E-state index contributed by atoms with van der Waals surface area (Å²) < 4.78 is 0. The van der Waals surface area contributed by atoms with Crippen molar-refractivity contribution in [2.75, 3.05) is 13.6 Å². The molecule has 1 aromatic carbocycles. The van der Waals surface area contributed by atoms with Crippen molar-refractivity contribution < 1.29 is 9.90 Å². The fraction of sp³-hybridized carbons (Fsp3) is 0.450. The summed E-state index contributed by atoms with van der Waals surface area (Å²) in [5.41, 5.74) is 2.13. The highest BCUT2D eigenvalue weighted by molar-refractivity contribution is 5.94. The Morgan fingerprint density at radius 1 is 1.24 bits per heavy atom. The van der Waals surface area contributed by atoms with Crippen LogP contribution in [0, 0.1) is 12.8 Å². The lowest BCUT2D eigenvalue weighted by Crippen LogP contribution is -2.38. The minimum atomic E-state index is -0.304. The first-order chi connectivity index (χ1) is 12.1. The van der Waals surface area contributed by atoms with E-state index < -0.39 is 0 Å². The molecule has 1 amide bonds. The number of aliphatic hydroxyl groups excluding tert-OH is 1. The van der Waals surface area contributed by atoms with Gasteiger partial charge in [0.25, 0.3) is 5.91 Å². The number of rotatable bonds is 4. The molecular weight excluding hydrogens is 314 g/mol. The Bertz CT molecular complexity index is 733. The number of hydrogen-bond acceptors (Lipinski definition) is 4. The second kappa shape index (κ2) is 7.74. The topological polar surface area (TPSA) is 66.3 Å². The Kier molecular flexibility index (Phi) is 5.43. The van der Waals surface area contributed by atoms with Crippen LogP contribution in [0.5, 0.6) is 0 Å². The van der Waals surface area contributed by atoms with Crippen LogP contribution in [0.1, 0.15) is 41.7 Å². The van der Waals surface area contributed by atoms with Gasteiger partial charge in [-0.1, -0.05) is 43.2 Å². The second-order valence-corrected chi connectivity index (χ2v) is 6.86. The maximum atomic E-state index is 12.8. The molecule has 0 bridgehead atoms. The maximum Gasteiger partial charge on any atom is 0.257 e. The predicted molar refractivity (Wildman–Crippen MR) is 97.1 cm³/mol. The largest absolute Gasteiger partial charge is 0.393 e. The van der Waals surface area contributed by atoms with Gasteiger partial charge in [0.2, 0.25) is 0 Å². The highest BCUT2D eigenvalue weighted by atomic mass is 16.3. The molecular formula is C20H25N3O2. The minimum Gasteiger partial charge on any atom is -0.393 e. The molecule has 5 heteroatoms. The summed E-state index contributed by atoms with van der Waals surface area (Å²) in [7, 11) is 1.79. The Balaban J connectivity index is 1.73. The minimum absolute atomic E-state index is 0.0881. The van der Waals surface area contributed by atoms with Crippen LogP contribution in [-0.2, 0) is 0 Å². The summed E-state index contributed by atoms with van der Waals surface area (Å²) in [5, 5.41) is 10.1. The number of nitrogens with zero attached hydrogens (tertiary/aromatic N) is 3. The maximum absolute atomic E-state index is 12.8. The first-order valence-electron chi connectivity index (χ1n) is 8.89. The van der Waals surface area contributed by atoms with Gasteiger partial charge in [0.15, 0.2) is 5.82 Å². The fourth-order valence-electron chi connectivity index (χ4n) is 3.44. The van der Waals surface area contributed by atoms with E-state index in [0.717, 1.165) is 31.2 Å². The quantitative estimate of drug-likeness (QED) is 0.929. The van der Waals surface area contributed by atoms with Crippen molar-refractivity contribution in [3.63, 3.8) is 0 Å². The molecule has 0 saturated heterocycles. The number of carbonyl (C=O) groups is 1. The van der Waals surface area contributed by atoms with E-state index in [1.807, 2.05) is 37.3 Å². The first-order valence-corrected chi connectivity index (χ1v) is 8.89. The monoisotopic (exact) mass is 339 g/mol. The molecule has 1 aliphatic carbocycles. The highest BCUT2D eigenvalue weighted by Crippen LogP contribution is 2.25. The molecule has 5 nitrogen and oxygen atoms in total. The molecule has 1 aromatic heterocycles. The van der Waals surface area contributed by atoms with Gasteiger partial charge in [-0.2, -0.15) is 0 Å². The third-order valence-electron chi connectivity index (χ3n) is 4.97. The van der Waals surface area contributed by atoms with Crippen LogP contribution in [0.25, 0.3) is 11.4 Å². The number of benzene rings is 1. The fourth-order valence-corrected chi connectivity index (χ4v) is 3.44. The number of aliphatic hydroxyl groups is 1. The van der Waals surface area contributed by atoms with Crippen LogP contribution < -0.4 is 0 Å². The van der Waals surface area contributed by atoms with Crippen molar-refractivity contribution in [3.05, 3.63) is 47.8 Å². The highest BCUT2D eigenvalue weighted by Gasteiger charge is 2.26. The average molecular weight is 339 g/mol. The zero-order valence-corrected chi connectivity index (χ0v) is 14.9. The molecule has 1 fully saturated rings. The van der Waals surface area contributed by atoms with Crippen LogP contribution >= 0.6 is 0 Å². The average Bonchev–Trinajstić information content (AvgIpc) is 2.63. The molecule has 25 heavy (non-hydrogen) atoms. The van der Waals surface area contributed by atoms with Crippen LogP contribution in [0.4, 0.5) is 0 Å². The zero-order chi connectivity index (χ0) is 17.8. The van der Waals surface area contributed by atoms with E-state index in [-0.39, 0.29) is 17.9 Å². The Hall–Kier alpha value is -2.27. The van der Waals surface area contributed by atoms with Crippen molar-refractivity contribution >= 4 is 5.91 Å². The third-order valence-corrected chi connectivity index (χ3v) is 4.97. The molecule has 0 radical (unpaired) electrons. The molecule has 2 unspecified atom stereocenters. The summed E-state index contributed by atoms with van der Waals surface area (Å²) in [6.07, 6.45) is 5.31. The summed E-state index contributed by atoms with van der Waals surface area (Å²) >= 11 is 0. The summed E-state index contributed by atoms with van der Waals surface area (Å²) in [5.74, 6) is 0.697. The van der Waals surface area contributed by atoms with Crippen molar-refractivity contribution in [1.82, 2.24) is 14.9 Å². The number of aryl methyl sites for hydroxylation is 1. The Labute approximate surface area is 148 Å². The zero-order valence-electron chi connectivity index (χ0n) is 14.9. The van der Waals surface area contributed by atoms with Crippen molar-refractivity contribution in [2.45, 2.75) is 38.7 Å². The van der Waals surface area contributed by atoms with Crippen molar-refractivity contribution in [2.24, 2.45) is 5.92 Å². The molecule has 2 aromatic rings. The van der Waals surface area contributed by atoms with Crippen LogP contribution in [-0.4, -0.2) is 45.6 Å². The number of aromatic nitrogens is 2. The summed E-state index contributed by atoms with van der Waals surface area (Å²) in [4.78, 5) is 23.3. The number of amides is 1. The third kappa shape index (κ3) is 4.04. The number of carbonyl (C=O) groups excluding carboxylic acids is 1. The van der Waals surface area contributed by atoms with Gasteiger partial charge in [-0.25, -0.2) is 9.97 Å². The lowest BCUT2D eigenvalue weighted by molar-refractivity contribution is 0.0450. The SMILES string of the molecule is Cc1nc(-c2ccccc2)ncc1C(=O)N(C)CC1CCCCC1O. The standard InChI is InChI=1S/C20H25N3O2/c1-14-17(12-21-19(22-14)15-8-4-3-5-9-15)20(25)23(2)13-16-10-6-7-11-18(16)24/h3-5,8-9,12,16,18,24H,6-7,10-11,13H2,1-2H3. The van der Waals surface area contributed by atoms with Crippen LogP contribution in [0.15, 0.2) is 36.5 Å². The van der Waals surface area contributed by atoms with Gasteiger partial charge in [-0.05, 0) is 19.8 Å². The van der Waals surface area contributed by atoms with Gasteiger partial charge >= 0.3 is 0 Å². The van der Waals surface area contributed by atoms with E-state index >= 15 is 0 Å². The van der Waals surface area contributed by atoms with E-state index in [1.54, 1.807) is 18.1 Å². The normalized spacial score (nSPS) is 20.3. The summed E-state index contributed by atoms with van der Waals surface area (Å²) in [6, 6.07) is 9.73. The second-order valence-electron chi connectivity index (χ2n) is 6.86. The molecule has 1 N–H and O–H groups in total. The van der Waals surface area contributed by atoms with E-state index in [4.69, 9.17) is 0 Å². The lowest BCUT2D eigenvalue weighted by Gasteiger charge is -2.31. The molecule has 3 rings (SSSR count). The van der Waals surface area contributed by atoms with Gasteiger partial charge < -0.3 is 10.0 Å². The Morgan fingerprint density at radius 3 is 2.64 bits per heavy atom. The van der Waals surface area contributed by atoms with E-state index in [0.29, 0.717) is 23.6 Å². The van der Waals surface area contributed by atoms with Gasteiger partial charge in [0.1, 0.15) is 0 Å². The Morgan fingerprint density at radius 2 is 1.96 bits per heavy atom. The van der Waals surface area contributed by atoms with Crippen LogP contribution in [0.3, 0.4) is 0 Å². The molecule has 1 aliphatic rings. The predicted octanol–water partition coefficient (Wildman–Crippen LogP) is 3.08.